The first-order valence-electron chi connectivity index (χ1n) is 6.14. The van der Waals surface area contributed by atoms with Gasteiger partial charge in [-0.25, -0.2) is 4.98 Å². The maximum atomic E-state index is 5.81. The van der Waals surface area contributed by atoms with Crippen molar-refractivity contribution >= 4 is 11.3 Å². The van der Waals surface area contributed by atoms with Gasteiger partial charge in [0.25, 0.3) is 0 Å². The van der Waals surface area contributed by atoms with E-state index in [4.69, 9.17) is 10.5 Å². The molecule has 1 aromatic rings. The summed E-state index contributed by atoms with van der Waals surface area (Å²) in [4.78, 5) is 7.00. The number of rotatable bonds is 4. The smallest absolute Gasteiger partial charge is 0.109 e. The monoisotopic (exact) mass is 255 g/mol. The van der Waals surface area contributed by atoms with Crippen LogP contribution < -0.4 is 5.73 Å². The second-order valence-electron chi connectivity index (χ2n) is 4.68. The van der Waals surface area contributed by atoms with Crippen LogP contribution in [0.4, 0.5) is 0 Å². The van der Waals surface area contributed by atoms with Crippen LogP contribution in [-0.4, -0.2) is 36.2 Å². The van der Waals surface area contributed by atoms with Gasteiger partial charge in [-0.2, -0.15) is 0 Å². The third-order valence-corrected chi connectivity index (χ3v) is 4.31. The highest BCUT2D eigenvalue weighted by atomic mass is 32.1. The zero-order chi connectivity index (χ0) is 12.3. The molecule has 1 fully saturated rings. The molecule has 17 heavy (non-hydrogen) atoms. The minimum atomic E-state index is 0.0491. The molecule has 5 heteroatoms. The van der Waals surface area contributed by atoms with Crippen LogP contribution in [0, 0.1) is 0 Å². The second kappa shape index (κ2) is 5.91. The summed E-state index contributed by atoms with van der Waals surface area (Å²) in [6, 6.07) is 0.0491. The standard InChI is InChI=1S/C12H21N3OS/c1-9(13)12-14-10(8-17-12)7-15-5-3-11(16-2)4-6-15/h8-9,11H,3-7,13H2,1-2H3. The van der Waals surface area contributed by atoms with E-state index >= 15 is 0 Å². The first kappa shape index (κ1) is 13.0. The lowest BCUT2D eigenvalue weighted by Crippen LogP contribution is -2.36. The molecule has 0 radical (unpaired) electrons. The van der Waals surface area contributed by atoms with Crippen LogP contribution in [0.15, 0.2) is 5.38 Å². The summed E-state index contributed by atoms with van der Waals surface area (Å²) in [5.41, 5.74) is 6.97. The second-order valence-corrected chi connectivity index (χ2v) is 5.57. The number of ether oxygens (including phenoxy) is 1. The van der Waals surface area contributed by atoms with Gasteiger partial charge < -0.3 is 10.5 Å². The molecule has 96 valence electrons. The van der Waals surface area contributed by atoms with Crippen molar-refractivity contribution < 1.29 is 4.74 Å². The Labute approximate surface area is 107 Å². The largest absolute Gasteiger partial charge is 0.381 e. The average Bonchev–Trinajstić information content (AvgIpc) is 2.79. The quantitative estimate of drug-likeness (QED) is 0.891. The molecule has 1 aromatic heterocycles. The highest BCUT2D eigenvalue weighted by Gasteiger charge is 2.19. The van der Waals surface area contributed by atoms with Crippen molar-refractivity contribution in [2.45, 2.75) is 38.5 Å². The molecule has 4 nitrogen and oxygen atoms in total. The van der Waals surface area contributed by atoms with Crippen molar-refractivity contribution in [3.05, 3.63) is 16.1 Å². The number of nitrogens with zero attached hydrogens (tertiary/aromatic N) is 2. The molecule has 2 N–H and O–H groups in total. The van der Waals surface area contributed by atoms with E-state index in [0.29, 0.717) is 6.10 Å². The molecule has 2 rings (SSSR count). The van der Waals surface area contributed by atoms with E-state index in [9.17, 15) is 0 Å². The Balaban J connectivity index is 1.84. The van der Waals surface area contributed by atoms with Crippen LogP contribution in [0.3, 0.4) is 0 Å². The van der Waals surface area contributed by atoms with E-state index < -0.39 is 0 Å². The number of hydrogen-bond acceptors (Lipinski definition) is 5. The van der Waals surface area contributed by atoms with Gasteiger partial charge in [0, 0.05) is 32.1 Å². The molecule has 1 atom stereocenters. The van der Waals surface area contributed by atoms with Crippen LogP contribution in [0.1, 0.15) is 36.5 Å². The number of thiazole rings is 1. The van der Waals surface area contributed by atoms with E-state index in [1.807, 2.05) is 6.92 Å². The van der Waals surface area contributed by atoms with Crippen LogP contribution in [-0.2, 0) is 11.3 Å². The van der Waals surface area contributed by atoms with Gasteiger partial charge in [0.1, 0.15) is 5.01 Å². The van der Waals surface area contributed by atoms with Crippen molar-refractivity contribution in [2.24, 2.45) is 5.73 Å². The van der Waals surface area contributed by atoms with E-state index in [-0.39, 0.29) is 6.04 Å². The minimum Gasteiger partial charge on any atom is -0.381 e. The first-order chi connectivity index (χ1) is 8.19. The summed E-state index contributed by atoms with van der Waals surface area (Å²) in [6.45, 7) is 5.12. The molecule has 0 bridgehead atoms. The molecule has 0 aliphatic carbocycles. The zero-order valence-corrected chi connectivity index (χ0v) is 11.4. The number of likely N-dealkylation sites (tertiary alicyclic amines) is 1. The summed E-state index contributed by atoms with van der Waals surface area (Å²) < 4.78 is 5.37. The number of methoxy groups -OCH3 is 1. The minimum absolute atomic E-state index is 0.0491. The van der Waals surface area contributed by atoms with Crippen molar-refractivity contribution in [2.75, 3.05) is 20.2 Å². The summed E-state index contributed by atoms with van der Waals surface area (Å²) in [7, 11) is 1.80. The molecular formula is C12H21N3OS. The predicted molar refractivity (Wildman–Crippen MR) is 70.0 cm³/mol. The zero-order valence-electron chi connectivity index (χ0n) is 10.6. The molecule has 1 aliphatic rings. The molecule has 2 heterocycles. The fraction of sp³-hybridized carbons (Fsp3) is 0.750. The summed E-state index contributed by atoms with van der Waals surface area (Å²) >= 11 is 1.66. The Kier molecular flexibility index (Phi) is 4.50. The summed E-state index contributed by atoms with van der Waals surface area (Å²) in [5.74, 6) is 0. The van der Waals surface area contributed by atoms with Crippen molar-refractivity contribution in [1.82, 2.24) is 9.88 Å². The molecule has 1 aliphatic heterocycles. The predicted octanol–water partition coefficient (Wildman–Crippen LogP) is 1.77. The van der Waals surface area contributed by atoms with Crippen LogP contribution >= 0.6 is 11.3 Å². The van der Waals surface area contributed by atoms with E-state index in [1.165, 1.54) is 0 Å². The number of hydrogen-bond donors (Lipinski definition) is 1. The molecule has 0 saturated carbocycles. The Hall–Kier alpha value is -0.490. The number of nitrogens with two attached hydrogens (primary N) is 1. The van der Waals surface area contributed by atoms with Crippen LogP contribution in [0.5, 0.6) is 0 Å². The lowest BCUT2D eigenvalue weighted by atomic mass is 10.1. The van der Waals surface area contributed by atoms with E-state index in [2.05, 4.69) is 15.3 Å². The van der Waals surface area contributed by atoms with Crippen molar-refractivity contribution in [1.29, 1.82) is 0 Å². The van der Waals surface area contributed by atoms with E-state index in [1.54, 1.807) is 18.4 Å². The molecule has 0 amide bonds. The normalized spacial score (nSPS) is 20.6. The highest BCUT2D eigenvalue weighted by molar-refractivity contribution is 7.09. The van der Waals surface area contributed by atoms with Crippen molar-refractivity contribution in [3.63, 3.8) is 0 Å². The van der Waals surface area contributed by atoms with E-state index in [0.717, 1.165) is 43.2 Å². The molecule has 0 spiro atoms. The van der Waals surface area contributed by atoms with Gasteiger partial charge in [-0.1, -0.05) is 0 Å². The third-order valence-electron chi connectivity index (χ3n) is 3.21. The van der Waals surface area contributed by atoms with Gasteiger partial charge in [0.15, 0.2) is 0 Å². The Morgan fingerprint density at radius 2 is 2.29 bits per heavy atom. The molecular weight excluding hydrogens is 234 g/mol. The van der Waals surface area contributed by atoms with Crippen LogP contribution in [0.2, 0.25) is 0 Å². The molecule has 1 unspecified atom stereocenters. The third kappa shape index (κ3) is 3.48. The number of piperidine rings is 1. The van der Waals surface area contributed by atoms with Crippen LogP contribution in [0.25, 0.3) is 0 Å². The topological polar surface area (TPSA) is 51.4 Å². The summed E-state index contributed by atoms with van der Waals surface area (Å²) in [6.07, 6.45) is 2.70. The molecule has 0 aromatic carbocycles. The fourth-order valence-corrected chi connectivity index (χ4v) is 2.91. The maximum Gasteiger partial charge on any atom is 0.109 e. The molecule has 1 saturated heterocycles. The van der Waals surface area contributed by atoms with Gasteiger partial charge in [-0.15, -0.1) is 11.3 Å². The fourth-order valence-electron chi connectivity index (χ4n) is 2.14. The van der Waals surface area contributed by atoms with Crippen molar-refractivity contribution in [3.8, 4) is 0 Å². The number of aromatic nitrogens is 1. The Morgan fingerprint density at radius 1 is 1.59 bits per heavy atom. The Morgan fingerprint density at radius 3 is 2.82 bits per heavy atom. The first-order valence-corrected chi connectivity index (χ1v) is 7.02. The van der Waals surface area contributed by atoms with Gasteiger partial charge in [-0.05, 0) is 19.8 Å². The SMILES string of the molecule is COC1CCN(Cc2csc(C(C)N)n2)CC1. The van der Waals surface area contributed by atoms with Gasteiger partial charge >= 0.3 is 0 Å². The lowest BCUT2D eigenvalue weighted by molar-refractivity contribution is 0.0385. The van der Waals surface area contributed by atoms with Gasteiger partial charge in [0.05, 0.1) is 17.8 Å². The Bertz CT molecular complexity index is 345. The van der Waals surface area contributed by atoms with Gasteiger partial charge in [0.2, 0.25) is 0 Å². The maximum absolute atomic E-state index is 5.81. The average molecular weight is 255 g/mol. The van der Waals surface area contributed by atoms with Gasteiger partial charge in [-0.3, -0.25) is 4.90 Å². The lowest BCUT2D eigenvalue weighted by Gasteiger charge is -2.30. The summed E-state index contributed by atoms with van der Waals surface area (Å²) in [5, 5.41) is 3.16. The highest BCUT2D eigenvalue weighted by Crippen LogP contribution is 2.19.